The van der Waals surface area contributed by atoms with Crippen LogP contribution in [-0.4, -0.2) is 118 Å². The van der Waals surface area contributed by atoms with Gasteiger partial charge in [-0.05, 0) is 24.9 Å². The number of halogens is 4. The van der Waals surface area contributed by atoms with Gasteiger partial charge < -0.3 is 28.9 Å². The molecule has 0 radical (unpaired) electrons. The summed E-state index contributed by atoms with van der Waals surface area (Å²) in [6.07, 6.45) is -7.12. The Kier molecular flexibility index (Phi) is 9.88. The first-order chi connectivity index (χ1) is 20.9. The first-order valence-electron chi connectivity index (χ1n) is 14.9. The molecule has 0 aliphatic carbocycles. The summed E-state index contributed by atoms with van der Waals surface area (Å²) < 4.78 is 75.4. The van der Waals surface area contributed by atoms with Gasteiger partial charge in [0.1, 0.15) is 31.0 Å². The Hall–Kier alpha value is -2.36. The summed E-state index contributed by atoms with van der Waals surface area (Å²) in [4.78, 5) is 24.4. The molecule has 9 nitrogen and oxygen atoms in total. The Labute approximate surface area is 259 Å². The second kappa shape index (κ2) is 13.2. The van der Waals surface area contributed by atoms with Gasteiger partial charge in [0, 0.05) is 51.3 Å². The number of thiazole rings is 1. The lowest BCUT2D eigenvalue weighted by Crippen LogP contribution is -2.59. The predicted octanol–water partition coefficient (Wildman–Crippen LogP) is 4.11. The maximum absolute atomic E-state index is 15.0. The van der Waals surface area contributed by atoms with Crippen LogP contribution in [0.1, 0.15) is 31.9 Å². The molecule has 1 aromatic carbocycles. The van der Waals surface area contributed by atoms with Crippen molar-refractivity contribution in [3.05, 3.63) is 35.2 Å². The first-order valence-corrected chi connectivity index (χ1v) is 15.7. The zero-order valence-corrected chi connectivity index (χ0v) is 26.5. The van der Waals surface area contributed by atoms with Gasteiger partial charge >= 0.3 is 6.18 Å². The summed E-state index contributed by atoms with van der Waals surface area (Å²) in [6.45, 7) is 6.83. The van der Waals surface area contributed by atoms with Crippen LogP contribution < -0.4 is 10.2 Å². The third-order valence-electron chi connectivity index (χ3n) is 8.78. The van der Waals surface area contributed by atoms with Crippen molar-refractivity contribution in [2.75, 3.05) is 65.5 Å². The van der Waals surface area contributed by atoms with Gasteiger partial charge in [0.15, 0.2) is 5.13 Å². The molecule has 3 fully saturated rings. The van der Waals surface area contributed by atoms with Gasteiger partial charge in [0.05, 0.1) is 18.3 Å². The molecule has 1 unspecified atom stereocenters. The quantitative estimate of drug-likeness (QED) is 0.307. The molecule has 1 aromatic heterocycles. The summed E-state index contributed by atoms with van der Waals surface area (Å²) in [5.74, 6) is -2.19. The fraction of sp³-hybridized carbons (Fsp3) is 0.667. The highest BCUT2D eigenvalue weighted by atomic mass is 32.1. The third kappa shape index (κ3) is 6.61. The molecule has 3 saturated heterocycles. The smallest absolute Gasteiger partial charge is 0.367 e. The largest absolute Gasteiger partial charge is 0.407 e. The number of ether oxygens (including phenoxy) is 3. The van der Waals surface area contributed by atoms with Gasteiger partial charge in [-0.2, -0.15) is 13.2 Å². The molecule has 5 rings (SSSR count). The van der Waals surface area contributed by atoms with Crippen molar-refractivity contribution in [2.24, 2.45) is 5.92 Å². The van der Waals surface area contributed by atoms with Gasteiger partial charge in [0.2, 0.25) is 11.7 Å². The molecule has 1 N–H and O–H groups in total. The number of hydrogen-bond acceptors (Lipinski definition) is 9. The highest BCUT2D eigenvalue weighted by Crippen LogP contribution is 2.41. The average Bonchev–Trinajstić information content (AvgIpc) is 3.71. The first kappa shape index (κ1) is 33.0. The summed E-state index contributed by atoms with van der Waals surface area (Å²) >= 11 is 1.51. The number of likely N-dealkylation sites (N-methyl/N-ethyl adjacent to an activating group) is 1. The number of methoxy groups -OCH3 is 2. The van der Waals surface area contributed by atoms with Crippen molar-refractivity contribution in [2.45, 2.75) is 62.6 Å². The molecule has 4 heterocycles. The van der Waals surface area contributed by atoms with Gasteiger partial charge in [-0.25, -0.2) is 9.37 Å². The van der Waals surface area contributed by atoms with Crippen LogP contribution in [0.25, 0.3) is 11.3 Å². The maximum Gasteiger partial charge on any atom is 0.407 e. The van der Waals surface area contributed by atoms with Crippen LogP contribution in [0.4, 0.5) is 22.7 Å². The van der Waals surface area contributed by atoms with E-state index in [-0.39, 0.29) is 31.1 Å². The number of hydrogen-bond donors (Lipinski definition) is 1. The SMILES string of the molecule is COC1(OC)CO[C@H]2[C@@H]1N(C(=O)C(CC(C)C)N[C@@H](c1ccc(-c3csc(N4CCN(C)CC4)n3)cc1)C(F)(F)F)C[C@@H]2F. The molecule has 44 heavy (non-hydrogen) atoms. The minimum Gasteiger partial charge on any atom is -0.367 e. The number of nitrogens with zero attached hydrogens (tertiary/aromatic N) is 4. The molecular weight excluding hydrogens is 602 g/mol. The van der Waals surface area contributed by atoms with E-state index in [1.54, 1.807) is 12.1 Å². The van der Waals surface area contributed by atoms with E-state index < -0.39 is 48.3 Å². The number of aromatic nitrogens is 1. The van der Waals surface area contributed by atoms with Crippen LogP contribution in [0.2, 0.25) is 0 Å². The molecule has 244 valence electrons. The predicted molar refractivity (Wildman–Crippen MR) is 159 cm³/mol. The van der Waals surface area contributed by atoms with Gasteiger partial charge in [0.25, 0.3) is 0 Å². The van der Waals surface area contributed by atoms with E-state index >= 15 is 4.39 Å². The van der Waals surface area contributed by atoms with Crippen molar-refractivity contribution in [1.29, 1.82) is 0 Å². The Morgan fingerprint density at radius 3 is 2.41 bits per heavy atom. The number of nitrogens with one attached hydrogen (secondary N) is 1. The number of alkyl halides is 4. The van der Waals surface area contributed by atoms with E-state index in [9.17, 15) is 18.0 Å². The molecule has 2 aromatic rings. The van der Waals surface area contributed by atoms with Crippen molar-refractivity contribution in [3.63, 3.8) is 0 Å². The summed E-state index contributed by atoms with van der Waals surface area (Å²) in [7, 11) is 4.82. The third-order valence-corrected chi connectivity index (χ3v) is 9.68. The monoisotopic (exact) mass is 643 g/mol. The molecule has 3 aliphatic heterocycles. The zero-order valence-electron chi connectivity index (χ0n) is 25.6. The normalized spacial score (nSPS) is 25.5. The fourth-order valence-corrected chi connectivity index (χ4v) is 7.20. The lowest BCUT2D eigenvalue weighted by Gasteiger charge is -2.38. The minimum atomic E-state index is -4.71. The molecule has 0 saturated carbocycles. The van der Waals surface area contributed by atoms with E-state index in [1.165, 1.54) is 42.6 Å². The van der Waals surface area contributed by atoms with Gasteiger partial charge in [-0.1, -0.05) is 38.1 Å². The van der Waals surface area contributed by atoms with Crippen LogP contribution in [0.3, 0.4) is 0 Å². The Morgan fingerprint density at radius 1 is 1.16 bits per heavy atom. The standard InChI is InChI=1S/C30H41F4N5O4S/c1-18(2)14-22(27(40)39-15-21(31)24-26(39)29(41-4,42-5)17-43-24)35-25(30(32,33)34)20-8-6-19(7-9-20)23-16-44-28(36-23)38-12-10-37(3)11-13-38/h6-9,16,18,21-22,24-26,35H,10-15,17H2,1-5H3/t21-,22?,24+,25-,26-/m0/s1. The van der Waals surface area contributed by atoms with Crippen LogP contribution >= 0.6 is 11.3 Å². The van der Waals surface area contributed by atoms with Crippen LogP contribution in [0.15, 0.2) is 29.6 Å². The van der Waals surface area contributed by atoms with Crippen molar-refractivity contribution in [1.82, 2.24) is 20.1 Å². The highest BCUT2D eigenvalue weighted by molar-refractivity contribution is 7.14. The Morgan fingerprint density at radius 2 is 1.82 bits per heavy atom. The summed E-state index contributed by atoms with van der Waals surface area (Å²) in [5.41, 5.74) is 1.37. The number of anilines is 1. The number of rotatable bonds is 10. The number of likely N-dealkylation sites (tertiary alicyclic amines) is 1. The van der Waals surface area contributed by atoms with Gasteiger partial charge in [-0.3, -0.25) is 10.1 Å². The van der Waals surface area contributed by atoms with E-state index in [0.717, 1.165) is 31.3 Å². The molecule has 0 spiro atoms. The second-order valence-corrected chi connectivity index (χ2v) is 13.0. The maximum atomic E-state index is 15.0. The number of carbonyl (C=O) groups excluding carboxylic acids is 1. The van der Waals surface area contributed by atoms with Crippen LogP contribution in [-0.2, 0) is 19.0 Å². The average molecular weight is 644 g/mol. The zero-order chi connectivity index (χ0) is 31.8. The molecule has 0 bridgehead atoms. The minimum absolute atomic E-state index is 0.0349. The molecule has 14 heteroatoms. The Bertz CT molecular complexity index is 1270. The topological polar surface area (TPSA) is 79.4 Å². The summed E-state index contributed by atoms with van der Waals surface area (Å²) in [6, 6.07) is 1.77. The number of benzene rings is 1. The van der Waals surface area contributed by atoms with Crippen LogP contribution in [0, 0.1) is 5.92 Å². The molecule has 5 atom stereocenters. The summed E-state index contributed by atoms with van der Waals surface area (Å²) in [5, 5.41) is 5.40. The van der Waals surface area contributed by atoms with E-state index in [1.807, 2.05) is 19.2 Å². The van der Waals surface area contributed by atoms with Gasteiger partial charge in [-0.15, -0.1) is 11.3 Å². The molecule has 3 aliphatic rings. The number of amides is 1. The highest BCUT2D eigenvalue weighted by Gasteiger charge is 2.62. The van der Waals surface area contributed by atoms with Crippen LogP contribution in [0.5, 0.6) is 0 Å². The number of piperazine rings is 1. The molecule has 1 amide bonds. The fourth-order valence-electron chi connectivity index (χ4n) is 6.31. The van der Waals surface area contributed by atoms with E-state index in [0.29, 0.717) is 11.3 Å². The lowest BCUT2D eigenvalue weighted by atomic mass is 9.97. The van der Waals surface area contributed by atoms with Crippen molar-refractivity contribution in [3.8, 4) is 11.3 Å². The lowest BCUT2D eigenvalue weighted by molar-refractivity contribution is -0.227. The number of carbonyl (C=O) groups is 1. The van der Waals surface area contributed by atoms with E-state index in [2.05, 4.69) is 22.2 Å². The number of fused-ring (bicyclic) bond motifs is 1. The van der Waals surface area contributed by atoms with Crippen molar-refractivity contribution >= 4 is 22.4 Å². The second-order valence-electron chi connectivity index (χ2n) is 12.2. The molecular formula is C30H41F4N5O4S. The Balaban J connectivity index is 1.36. The van der Waals surface area contributed by atoms with Crippen molar-refractivity contribution < 1.29 is 36.6 Å². The van der Waals surface area contributed by atoms with E-state index in [4.69, 9.17) is 19.2 Å².